The average molecular weight is 278 g/mol. The fraction of sp³-hybridized carbons (Fsp3) is 0.333. The summed E-state index contributed by atoms with van der Waals surface area (Å²) in [5, 5.41) is 4.39. The Bertz CT molecular complexity index is 497. The van der Waals surface area contributed by atoms with Gasteiger partial charge in [-0.2, -0.15) is 0 Å². The SMILES string of the molecule is CCOc1c(C[NH2+]Cc2cccs2)cccc1OC. The van der Waals surface area contributed by atoms with Crippen molar-refractivity contribution in [2.75, 3.05) is 13.7 Å². The second-order valence-corrected chi connectivity index (χ2v) is 5.19. The molecule has 1 aromatic heterocycles. The lowest BCUT2D eigenvalue weighted by molar-refractivity contribution is -0.685. The van der Waals surface area contributed by atoms with Crippen LogP contribution >= 0.6 is 11.3 Å². The Morgan fingerprint density at radius 3 is 2.74 bits per heavy atom. The molecule has 1 heterocycles. The third-order valence-corrected chi connectivity index (χ3v) is 3.76. The molecule has 102 valence electrons. The van der Waals surface area contributed by atoms with Gasteiger partial charge in [-0.15, -0.1) is 11.3 Å². The van der Waals surface area contributed by atoms with Crippen LogP contribution in [0.5, 0.6) is 11.5 Å². The molecule has 1 aromatic carbocycles. The van der Waals surface area contributed by atoms with Gasteiger partial charge in [0, 0.05) is 0 Å². The van der Waals surface area contributed by atoms with Crippen molar-refractivity contribution >= 4 is 11.3 Å². The molecular formula is C15H20NO2S+. The van der Waals surface area contributed by atoms with Crippen LogP contribution in [0.2, 0.25) is 0 Å². The van der Waals surface area contributed by atoms with Crippen molar-refractivity contribution in [2.45, 2.75) is 20.0 Å². The third-order valence-electron chi connectivity index (χ3n) is 2.86. The molecule has 0 amide bonds. The average Bonchev–Trinajstić information content (AvgIpc) is 2.94. The lowest BCUT2D eigenvalue weighted by atomic mass is 10.2. The summed E-state index contributed by atoms with van der Waals surface area (Å²) in [6, 6.07) is 10.3. The van der Waals surface area contributed by atoms with E-state index in [4.69, 9.17) is 9.47 Å². The summed E-state index contributed by atoms with van der Waals surface area (Å²) < 4.78 is 11.1. The molecule has 0 spiro atoms. The number of rotatable bonds is 7. The van der Waals surface area contributed by atoms with Gasteiger partial charge < -0.3 is 14.8 Å². The topological polar surface area (TPSA) is 35.1 Å². The van der Waals surface area contributed by atoms with E-state index in [9.17, 15) is 0 Å². The van der Waals surface area contributed by atoms with Crippen LogP contribution in [0.3, 0.4) is 0 Å². The summed E-state index contributed by atoms with van der Waals surface area (Å²) in [6.07, 6.45) is 0. The van der Waals surface area contributed by atoms with Crippen LogP contribution in [0.1, 0.15) is 17.4 Å². The minimum atomic E-state index is 0.651. The maximum absolute atomic E-state index is 5.70. The van der Waals surface area contributed by atoms with Gasteiger partial charge in [0.05, 0.1) is 24.2 Å². The zero-order valence-electron chi connectivity index (χ0n) is 11.4. The van der Waals surface area contributed by atoms with Crippen molar-refractivity contribution in [2.24, 2.45) is 0 Å². The van der Waals surface area contributed by atoms with E-state index >= 15 is 0 Å². The van der Waals surface area contributed by atoms with Gasteiger partial charge in [-0.25, -0.2) is 0 Å². The van der Waals surface area contributed by atoms with E-state index in [2.05, 4.69) is 28.9 Å². The number of hydrogen-bond donors (Lipinski definition) is 1. The Morgan fingerprint density at radius 2 is 2.05 bits per heavy atom. The quantitative estimate of drug-likeness (QED) is 0.844. The van der Waals surface area contributed by atoms with E-state index in [0.717, 1.165) is 24.6 Å². The number of quaternary nitrogens is 1. The first-order valence-corrected chi connectivity index (χ1v) is 7.35. The number of nitrogens with two attached hydrogens (primary N) is 1. The van der Waals surface area contributed by atoms with Crippen molar-refractivity contribution < 1.29 is 14.8 Å². The van der Waals surface area contributed by atoms with E-state index in [1.54, 1.807) is 18.4 Å². The molecule has 4 heteroatoms. The Kier molecular flexibility index (Phi) is 5.24. The summed E-state index contributed by atoms with van der Waals surface area (Å²) in [6.45, 7) is 4.54. The van der Waals surface area contributed by atoms with Crippen LogP contribution in [0, 0.1) is 0 Å². The molecule has 3 nitrogen and oxygen atoms in total. The van der Waals surface area contributed by atoms with Gasteiger partial charge in [0.1, 0.15) is 13.1 Å². The van der Waals surface area contributed by atoms with Crippen LogP contribution < -0.4 is 14.8 Å². The highest BCUT2D eigenvalue weighted by Gasteiger charge is 2.11. The number of hydrogen-bond acceptors (Lipinski definition) is 3. The lowest BCUT2D eigenvalue weighted by Crippen LogP contribution is -2.80. The Balaban J connectivity index is 2.02. The zero-order valence-corrected chi connectivity index (χ0v) is 12.2. The fourth-order valence-electron chi connectivity index (χ4n) is 1.99. The van der Waals surface area contributed by atoms with Gasteiger partial charge in [0.15, 0.2) is 11.5 Å². The first-order valence-electron chi connectivity index (χ1n) is 6.48. The second kappa shape index (κ2) is 7.16. The van der Waals surface area contributed by atoms with Gasteiger partial charge in [0.2, 0.25) is 0 Å². The van der Waals surface area contributed by atoms with Crippen molar-refractivity contribution in [1.82, 2.24) is 0 Å². The van der Waals surface area contributed by atoms with Crippen molar-refractivity contribution in [1.29, 1.82) is 0 Å². The summed E-state index contributed by atoms with van der Waals surface area (Å²) >= 11 is 1.79. The van der Waals surface area contributed by atoms with Crippen LogP contribution in [0.15, 0.2) is 35.7 Å². The molecule has 0 aliphatic heterocycles. The number of ether oxygens (including phenoxy) is 2. The predicted molar refractivity (Wildman–Crippen MR) is 77.8 cm³/mol. The molecule has 0 radical (unpaired) electrons. The summed E-state index contributed by atoms with van der Waals surface area (Å²) in [5.74, 6) is 1.68. The molecule has 0 saturated carbocycles. The number of para-hydroxylation sites is 1. The van der Waals surface area contributed by atoms with E-state index in [1.807, 2.05) is 19.1 Å². The molecule has 19 heavy (non-hydrogen) atoms. The largest absolute Gasteiger partial charge is 0.493 e. The first kappa shape index (κ1) is 13.9. The smallest absolute Gasteiger partial charge is 0.169 e. The van der Waals surface area contributed by atoms with Crippen LogP contribution in [0.4, 0.5) is 0 Å². The number of thiophene rings is 1. The third kappa shape index (κ3) is 3.72. The first-order chi connectivity index (χ1) is 9.35. The predicted octanol–water partition coefficient (Wildman–Crippen LogP) is 2.42. The van der Waals surface area contributed by atoms with Crippen molar-refractivity contribution in [3.05, 3.63) is 46.2 Å². The summed E-state index contributed by atoms with van der Waals surface area (Å²) in [4.78, 5) is 1.39. The Morgan fingerprint density at radius 1 is 1.16 bits per heavy atom. The Labute approximate surface area is 118 Å². The van der Waals surface area contributed by atoms with Crippen LogP contribution in [0.25, 0.3) is 0 Å². The van der Waals surface area contributed by atoms with Gasteiger partial charge in [0.25, 0.3) is 0 Å². The van der Waals surface area contributed by atoms with Crippen LogP contribution in [-0.4, -0.2) is 13.7 Å². The van der Waals surface area contributed by atoms with Crippen molar-refractivity contribution in [3.8, 4) is 11.5 Å². The van der Waals surface area contributed by atoms with E-state index in [0.29, 0.717) is 6.61 Å². The van der Waals surface area contributed by atoms with E-state index < -0.39 is 0 Å². The molecule has 2 rings (SSSR count). The maximum Gasteiger partial charge on any atom is 0.169 e. The lowest BCUT2D eigenvalue weighted by Gasteiger charge is -2.13. The molecule has 0 saturated heterocycles. The van der Waals surface area contributed by atoms with E-state index in [-0.39, 0.29) is 0 Å². The Hall–Kier alpha value is -1.52. The van der Waals surface area contributed by atoms with Gasteiger partial charge >= 0.3 is 0 Å². The normalized spacial score (nSPS) is 10.4. The van der Waals surface area contributed by atoms with Gasteiger partial charge in [-0.05, 0) is 30.5 Å². The number of benzene rings is 1. The molecule has 2 aromatic rings. The second-order valence-electron chi connectivity index (χ2n) is 4.16. The minimum absolute atomic E-state index is 0.651. The highest BCUT2D eigenvalue weighted by atomic mass is 32.1. The molecule has 0 aliphatic carbocycles. The standard InChI is InChI=1S/C15H19NO2S/c1-3-18-15-12(6-4-8-14(15)17-2)10-16-11-13-7-5-9-19-13/h4-9,16H,3,10-11H2,1-2H3/p+1. The van der Waals surface area contributed by atoms with Gasteiger partial charge in [-0.3, -0.25) is 0 Å². The summed E-state index contributed by atoms with van der Waals surface area (Å²) in [5.41, 5.74) is 1.18. The van der Waals surface area contributed by atoms with Crippen LogP contribution in [-0.2, 0) is 13.1 Å². The molecule has 0 unspecified atom stereocenters. The molecule has 0 bridgehead atoms. The van der Waals surface area contributed by atoms with Crippen molar-refractivity contribution in [3.63, 3.8) is 0 Å². The van der Waals surface area contributed by atoms with Gasteiger partial charge in [-0.1, -0.05) is 12.1 Å². The molecule has 0 atom stereocenters. The maximum atomic E-state index is 5.70. The molecule has 2 N–H and O–H groups in total. The number of methoxy groups -OCH3 is 1. The highest BCUT2D eigenvalue weighted by Crippen LogP contribution is 2.30. The fourth-order valence-corrected chi connectivity index (χ4v) is 2.69. The minimum Gasteiger partial charge on any atom is -0.493 e. The monoisotopic (exact) mass is 278 g/mol. The van der Waals surface area contributed by atoms with E-state index in [1.165, 1.54) is 10.4 Å². The highest BCUT2D eigenvalue weighted by molar-refractivity contribution is 7.09. The summed E-state index contributed by atoms with van der Waals surface area (Å²) in [7, 11) is 1.68. The molecular weight excluding hydrogens is 258 g/mol. The molecule has 0 fully saturated rings. The molecule has 0 aliphatic rings. The zero-order chi connectivity index (χ0) is 13.5.